The van der Waals surface area contributed by atoms with E-state index in [1.807, 2.05) is 0 Å². The summed E-state index contributed by atoms with van der Waals surface area (Å²) in [5.41, 5.74) is 0.794. The number of thiophene rings is 1. The monoisotopic (exact) mass is 396 g/mol. The minimum atomic E-state index is -2.55. The summed E-state index contributed by atoms with van der Waals surface area (Å²) >= 11 is 1.15. The molecule has 0 atom stereocenters. The van der Waals surface area contributed by atoms with Crippen LogP contribution in [0.1, 0.15) is 12.0 Å². The number of rotatable bonds is 4. The van der Waals surface area contributed by atoms with Gasteiger partial charge < -0.3 is 4.90 Å². The molecule has 4 heterocycles. The van der Waals surface area contributed by atoms with Gasteiger partial charge in [0.1, 0.15) is 12.7 Å². The fraction of sp³-hybridized carbons (Fsp3) is 0.353. The molecule has 142 valence electrons. The molecule has 0 aromatic carbocycles. The molecule has 0 unspecified atom stereocenters. The predicted octanol–water partition coefficient (Wildman–Crippen LogP) is 2.58. The predicted molar refractivity (Wildman–Crippen MR) is 94.7 cm³/mol. The van der Waals surface area contributed by atoms with Gasteiger partial charge in [-0.25, -0.2) is 22.9 Å². The fourth-order valence-electron chi connectivity index (χ4n) is 3.03. The first-order chi connectivity index (χ1) is 12.8. The Hall–Kier alpha value is -2.62. The van der Waals surface area contributed by atoms with Crippen molar-refractivity contribution in [2.75, 3.05) is 13.1 Å². The molecule has 1 fully saturated rings. The molecular weight excluding hydrogens is 381 g/mol. The molecule has 0 radical (unpaired) electrons. The van der Waals surface area contributed by atoms with Crippen molar-refractivity contribution in [2.24, 2.45) is 7.05 Å². The number of hydrogen-bond donors (Lipinski definition) is 0. The van der Waals surface area contributed by atoms with E-state index in [0.717, 1.165) is 11.3 Å². The van der Waals surface area contributed by atoms with E-state index in [4.69, 9.17) is 0 Å². The lowest BCUT2D eigenvalue weighted by Crippen LogP contribution is -2.52. The van der Waals surface area contributed by atoms with Crippen LogP contribution in [0.4, 0.5) is 13.2 Å². The maximum atomic E-state index is 12.9. The van der Waals surface area contributed by atoms with Gasteiger partial charge in [0.25, 0.3) is 6.43 Å². The number of likely N-dealkylation sites (tertiary alicyclic amines) is 1. The highest BCUT2D eigenvalue weighted by atomic mass is 32.1. The Morgan fingerprint density at radius 1 is 1.37 bits per heavy atom. The second kappa shape index (κ2) is 6.52. The van der Waals surface area contributed by atoms with Gasteiger partial charge in [-0.1, -0.05) is 0 Å². The molecule has 10 heteroatoms. The van der Waals surface area contributed by atoms with Crippen molar-refractivity contribution < 1.29 is 18.0 Å². The molecule has 0 aliphatic carbocycles. The molecule has 0 spiro atoms. The van der Waals surface area contributed by atoms with E-state index in [0.29, 0.717) is 21.7 Å². The molecule has 1 aliphatic rings. The van der Waals surface area contributed by atoms with E-state index in [1.165, 1.54) is 32.5 Å². The minimum Gasteiger partial charge on any atom is -0.335 e. The van der Waals surface area contributed by atoms with E-state index in [9.17, 15) is 22.8 Å². The van der Waals surface area contributed by atoms with Crippen molar-refractivity contribution in [1.29, 1.82) is 0 Å². The summed E-state index contributed by atoms with van der Waals surface area (Å²) in [6.45, 7) is -0.102. The van der Waals surface area contributed by atoms with Crippen molar-refractivity contribution >= 4 is 28.4 Å². The Bertz CT molecular complexity index is 1080. The summed E-state index contributed by atoms with van der Waals surface area (Å²) < 4.78 is 41.1. The second-order valence-electron chi connectivity index (χ2n) is 6.41. The van der Waals surface area contributed by atoms with E-state index in [1.54, 1.807) is 12.1 Å². The fourth-order valence-corrected chi connectivity index (χ4v) is 3.90. The van der Waals surface area contributed by atoms with Crippen molar-refractivity contribution in [3.8, 4) is 10.6 Å². The molecule has 4 rings (SSSR count). The maximum absolute atomic E-state index is 12.9. The number of fused-ring (bicyclic) bond motifs is 1. The maximum Gasteiger partial charge on any atom is 0.330 e. The second-order valence-corrected chi connectivity index (χ2v) is 7.32. The normalized spacial score (nSPS) is 14.9. The number of pyridine rings is 1. The summed E-state index contributed by atoms with van der Waals surface area (Å²) in [4.78, 5) is 31.0. The van der Waals surface area contributed by atoms with Gasteiger partial charge in [-0.05, 0) is 18.2 Å². The van der Waals surface area contributed by atoms with Crippen molar-refractivity contribution in [3.63, 3.8) is 0 Å². The summed E-state index contributed by atoms with van der Waals surface area (Å²) in [7, 11) is 1.53. The average molecular weight is 396 g/mol. The van der Waals surface area contributed by atoms with E-state index < -0.39 is 18.3 Å². The first kappa shape index (κ1) is 17.8. The summed E-state index contributed by atoms with van der Waals surface area (Å²) in [6.07, 6.45) is -3.56. The van der Waals surface area contributed by atoms with Gasteiger partial charge in [0, 0.05) is 18.0 Å². The Kier molecular flexibility index (Phi) is 4.29. The van der Waals surface area contributed by atoms with Crippen molar-refractivity contribution in [3.05, 3.63) is 39.6 Å². The summed E-state index contributed by atoms with van der Waals surface area (Å²) in [5, 5.41) is 1.37. The third-order valence-corrected chi connectivity index (χ3v) is 5.56. The number of aromatic nitrogens is 3. The van der Waals surface area contributed by atoms with Crippen LogP contribution in [0.3, 0.4) is 0 Å². The number of imidazole rings is 1. The van der Waals surface area contributed by atoms with Crippen LogP contribution in [0, 0.1) is 0 Å². The van der Waals surface area contributed by atoms with Crippen LogP contribution in [-0.4, -0.2) is 44.2 Å². The minimum absolute atomic E-state index is 0.0472. The topological polar surface area (TPSA) is 60.1 Å². The van der Waals surface area contributed by atoms with Gasteiger partial charge in [-0.3, -0.25) is 13.9 Å². The van der Waals surface area contributed by atoms with Crippen LogP contribution in [0.2, 0.25) is 0 Å². The first-order valence-corrected chi connectivity index (χ1v) is 9.08. The van der Waals surface area contributed by atoms with Crippen LogP contribution in [0.5, 0.6) is 0 Å². The Morgan fingerprint density at radius 3 is 2.74 bits per heavy atom. The molecule has 1 amide bonds. The molecule has 0 N–H and O–H groups in total. The molecule has 3 aromatic heterocycles. The van der Waals surface area contributed by atoms with E-state index in [2.05, 4.69) is 4.98 Å². The number of amides is 1. The highest BCUT2D eigenvalue weighted by molar-refractivity contribution is 7.13. The lowest BCUT2D eigenvalue weighted by atomic mass is 10.2. The quantitative estimate of drug-likeness (QED) is 0.681. The van der Waals surface area contributed by atoms with E-state index >= 15 is 0 Å². The van der Waals surface area contributed by atoms with Gasteiger partial charge in [-0.15, -0.1) is 11.3 Å². The van der Waals surface area contributed by atoms with Gasteiger partial charge in [-0.2, -0.15) is 0 Å². The zero-order valence-electron chi connectivity index (χ0n) is 14.2. The standard InChI is InChI=1S/C17H15F3N4O2S/c1-22-16-12(24(17(22)26)7-14(25)23-5-10(18)6-23)3-2-11(21-16)13-4-9(8-27-13)15(19)20/h2-4,8,10,15H,5-7H2,1H3. The lowest BCUT2D eigenvalue weighted by Gasteiger charge is -2.34. The number of halogens is 3. The molecule has 1 saturated heterocycles. The van der Waals surface area contributed by atoms with Crippen molar-refractivity contribution in [2.45, 2.75) is 19.1 Å². The molecule has 0 saturated carbocycles. The summed E-state index contributed by atoms with van der Waals surface area (Å²) in [6, 6.07) is 4.65. The zero-order valence-corrected chi connectivity index (χ0v) is 15.0. The van der Waals surface area contributed by atoms with Crippen LogP contribution in [0.25, 0.3) is 21.7 Å². The summed E-state index contributed by atoms with van der Waals surface area (Å²) in [5.74, 6) is -0.331. The van der Waals surface area contributed by atoms with Crippen LogP contribution in [-0.2, 0) is 18.4 Å². The average Bonchev–Trinajstić information content (AvgIpc) is 3.19. The van der Waals surface area contributed by atoms with Gasteiger partial charge in [0.15, 0.2) is 5.65 Å². The lowest BCUT2D eigenvalue weighted by molar-refractivity contribution is -0.138. The highest BCUT2D eigenvalue weighted by Crippen LogP contribution is 2.31. The van der Waals surface area contributed by atoms with E-state index in [-0.39, 0.29) is 31.1 Å². The Labute approximate surface area is 155 Å². The third-order valence-electron chi connectivity index (χ3n) is 4.59. The van der Waals surface area contributed by atoms with Crippen LogP contribution < -0.4 is 5.69 Å². The van der Waals surface area contributed by atoms with Gasteiger partial charge >= 0.3 is 5.69 Å². The zero-order chi connectivity index (χ0) is 19.3. The highest BCUT2D eigenvalue weighted by Gasteiger charge is 2.31. The van der Waals surface area contributed by atoms with Gasteiger partial charge in [0.05, 0.1) is 29.2 Å². The largest absolute Gasteiger partial charge is 0.335 e. The van der Waals surface area contributed by atoms with Crippen molar-refractivity contribution in [1.82, 2.24) is 19.0 Å². The Morgan fingerprint density at radius 2 is 2.11 bits per heavy atom. The number of hydrogen-bond acceptors (Lipinski definition) is 4. The molecule has 1 aliphatic heterocycles. The number of carbonyl (C=O) groups is 1. The number of aryl methyl sites for hydroxylation is 1. The molecule has 3 aromatic rings. The SMILES string of the molecule is Cn1c(=O)n(CC(=O)N2CC(F)C2)c2ccc(-c3cc(C(F)F)cs3)nc21. The number of alkyl halides is 3. The molecular formula is C17H15F3N4O2S. The smallest absolute Gasteiger partial charge is 0.330 e. The molecule has 0 bridgehead atoms. The van der Waals surface area contributed by atoms with Gasteiger partial charge in [0.2, 0.25) is 5.91 Å². The van der Waals surface area contributed by atoms with Crippen LogP contribution >= 0.6 is 11.3 Å². The number of carbonyl (C=O) groups excluding carboxylic acids is 1. The molecule has 27 heavy (non-hydrogen) atoms. The number of nitrogens with zero attached hydrogens (tertiary/aromatic N) is 4. The Balaban J connectivity index is 1.69. The molecule has 6 nitrogen and oxygen atoms in total. The first-order valence-electron chi connectivity index (χ1n) is 8.20. The van der Waals surface area contributed by atoms with Crippen LogP contribution in [0.15, 0.2) is 28.4 Å². The third kappa shape index (κ3) is 3.03.